The summed E-state index contributed by atoms with van der Waals surface area (Å²) in [6.45, 7) is 7.91. The monoisotopic (exact) mass is 286 g/mol. The van der Waals surface area contributed by atoms with Crippen molar-refractivity contribution in [3.63, 3.8) is 0 Å². The number of nitrogens with one attached hydrogen (secondary N) is 1. The third-order valence-corrected chi connectivity index (χ3v) is 4.49. The first-order valence-electron chi connectivity index (χ1n) is 7.67. The van der Waals surface area contributed by atoms with Gasteiger partial charge in [-0.15, -0.1) is 0 Å². The van der Waals surface area contributed by atoms with Gasteiger partial charge in [0.25, 0.3) is 5.91 Å². The van der Waals surface area contributed by atoms with E-state index >= 15 is 0 Å². The minimum Gasteiger partial charge on any atom is -0.335 e. The average molecular weight is 286 g/mol. The van der Waals surface area contributed by atoms with Crippen LogP contribution in [0.4, 0.5) is 0 Å². The SMILES string of the molecule is CCC(C)N1CCN(C(=O)c2n[nH]c3ccccc23)CC1. The highest BCUT2D eigenvalue weighted by molar-refractivity contribution is 6.04. The Hall–Kier alpha value is -1.88. The molecule has 0 saturated carbocycles. The molecule has 0 bridgehead atoms. The Balaban J connectivity index is 1.72. The summed E-state index contributed by atoms with van der Waals surface area (Å²) in [7, 11) is 0. The molecule has 21 heavy (non-hydrogen) atoms. The summed E-state index contributed by atoms with van der Waals surface area (Å²) < 4.78 is 0. The molecule has 1 aromatic heterocycles. The second-order valence-electron chi connectivity index (χ2n) is 5.70. The fraction of sp³-hybridized carbons (Fsp3) is 0.500. The summed E-state index contributed by atoms with van der Waals surface area (Å²) in [5.41, 5.74) is 1.46. The minimum atomic E-state index is 0.0382. The number of para-hydroxylation sites is 1. The average Bonchev–Trinajstić information content (AvgIpc) is 2.97. The molecule has 1 unspecified atom stereocenters. The molecule has 1 aliphatic rings. The maximum Gasteiger partial charge on any atom is 0.275 e. The molecule has 5 nitrogen and oxygen atoms in total. The third kappa shape index (κ3) is 2.65. The molecular weight excluding hydrogens is 264 g/mol. The largest absolute Gasteiger partial charge is 0.335 e. The Morgan fingerprint density at radius 3 is 2.71 bits per heavy atom. The quantitative estimate of drug-likeness (QED) is 0.940. The van der Waals surface area contributed by atoms with Gasteiger partial charge < -0.3 is 4.90 Å². The van der Waals surface area contributed by atoms with Crippen LogP contribution in [0.5, 0.6) is 0 Å². The summed E-state index contributed by atoms with van der Waals surface area (Å²) in [6.07, 6.45) is 1.15. The molecule has 0 radical (unpaired) electrons. The molecule has 0 spiro atoms. The zero-order valence-corrected chi connectivity index (χ0v) is 12.7. The number of rotatable bonds is 3. The van der Waals surface area contributed by atoms with Crippen molar-refractivity contribution in [3.8, 4) is 0 Å². The van der Waals surface area contributed by atoms with Crippen molar-refractivity contribution in [2.75, 3.05) is 26.2 Å². The Bertz CT molecular complexity index is 628. The Labute approximate surface area is 124 Å². The van der Waals surface area contributed by atoms with Gasteiger partial charge in [0, 0.05) is 37.6 Å². The number of aromatic nitrogens is 2. The van der Waals surface area contributed by atoms with E-state index in [1.165, 1.54) is 0 Å². The zero-order valence-electron chi connectivity index (χ0n) is 12.7. The standard InChI is InChI=1S/C16H22N4O/c1-3-12(2)19-8-10-20(11-9-19)16(21)15-13-6-4-5-7-14(13)17-18-15/h4-7,12H,3,8-11H2,1-2H3,(H,17,18). The number of carbonyl (C=O) groups excluding carboxylic acids is 1. The molecule has 112 valence electrons. The molecule has 1 saturated heterocycles. The lowest BCUT2D eigenvalue weighted by Gasteiger charge is -2.37. The van der Waals surface area contributed by atoms with Gasteiger partial charge in [-0.3, -0.25) is 14.8 Å². The van der Waals surface area contributed by atoms with Crippen molar-refractivity contribution >= 4 is 16.8 Å². The van der Waals surface area contributed by atoms with Gasteiger partial charge in [0.2, 0.25) is 0 Å². The fourth-order valence-corrected chi connectivity index (χ4v) is 2.90. The fourth-order valence-electron chi connectivity index (χ4n) is 2.90. The second kappa shape index (κ2) is 5.85. The van der Waals surface area contributed by atoms with Crippen molar-refractivity contribution in [1.82, 2.24) is 20.0 Å². The molecule has 2 aromatic rings. The van der Waals surface area contributed by atoms with Crippen LogP contribution >= 0.6 is 0 Å². The van der Waals surface area contributed by atoms with Crippen molar-refractivity contribution in [2.45, 2.75) is 26.3 Å². The van der Waals surface area contributed by atoms with Gasteiger partial charge in [0.1, 0.15) is 0 Å². The maximum atomic E-state index is 12.6. The normalized spacial score (nSPS) is 18.1. The summed E-state index contributed by atoms with van der Waals surface area (Å²) in [5.74, 6) is 0.0382. The molecule has 1 N–H and O–H groups in total. The van der Waals surface area contributed by atoms with Crippen LogP contribution < -0.4 is 0 Å². The van der Waals surface area contributed by atoms with Gasteiger partial charge in [0.15, 0.2) is 5.69 Å². The number of benzene rings is 1. The molecule has 5 heteroatoms. The van der Waals surface area contributed by atoms with E-state index in [1.807, 2.05) is 29.2 Å². The first-order chi connectivity index (χ1) is 10.2. The van der Waals surface area contributed by atoms with Crippen molar-refractivity contribution in [2.24, 2.45) is 0 Å². The predicted molar refractivity (Wildman–Crippen MR) is 83.3 cm³/mol. The number of piperazine rings is 1. The van der Waals surface area contributed by atoms with E-state index in [9.17, 15) is 4.79 Å². The van der Waals surface area contributed by atoms with Crippen LogP contribution in [0.25, 0.3) is 10.9 Å². The number of hydrogen-bond acceptors (Lipinski definition) is 3. The summed E-state index contributed by atoms with van der Waals surface area (Å²) in [4.78, 5) is 17.0. The predicted octanol–water partition coefficient (Wildman–Crippen LogP) is 2.12. The topological polar surface area (TPSA) is 52.2 Å². The van der Waals surface area contributed by atoms with E-state index in [4.69, 9.17) is 0 Å². The first kappa shape index (κ1) is 14.1. The number of hydrogen-bond donors (Lipinski definition) is 1. The van der Waals surface area contributed by atoms with Gasteiger partial charge in [-0.05, 0) is 19.4 Å². The Morgan fingerprint density at radius 2 is 2.00 bits per heavy atom. The summed E-state index contributed by atoms with van der Waals surface area (Å²) in [5, 5.41) is 8.06. The summed E-state index contributed by atoms with van der Waals surface area (Å²) in [6, 6.07) is 8.37. The number of fused-ring (bicyclic) bond motifs is 1. The summed E-state index contributed by atoms with van der Waals surface area (Å²) >= 11 is 0. The highest BCUT2D eigenvalue weighted by Crippen LogP contribution is 2.18. The number of amides is 1. The lowest BCUT2D eigenvalue weighted by Crippen LogP contribution is -2.51. The van der Waals surface area contributed by atoms with Gasteiger partial charge in [-0.25, -0.2) is 0 Å². The second-order valence-corrected chi connectivity index (χ2v) is 5.70. The smallest absolute Gasteiger partial charge is 0.275 e. The van der Waals surface area contributed by atoms with E-state index in [1.54, 1.807) is 0 Å². The molecule has 1 aliphatic heterocycles. The van der Waals surface area contributed by atoms with Crippen LogP contribution in [0.2, 0.25) is 0 Å². The molecule has 1 amide bonds. The number of aromatic amines is 1. The van der Waals surface area contributed by atoms with Gasteiger partial charge >= 0.3 is 0 Å². The number of H-pyrrole nitrogens is 1. The van der Waals surface area contributed by atoms with E-state index < -0.39 is 0 Å². The maximum absolute atomic E-state index is 12.6. The molecular formula is C16H22N4O. The van der Waals surface area contributed by atoms with Crippen LogP contribution in [0.3, 0.4) is 0 Å². The highest BCUT2D eigenvalue weighted by atomic mass is 16.2. The molecule has 0 aliphatic carbocycles. The van der Waals surface area contributed by atoms with E-state index in [0.29, 0.717) is 11.7 Å². The van der Waals surface area contributed by atoms with E-state index in [0.717, 1.165) is 43.5 Å². The molecule has 1 atom stereocenters. The lowest BCUT2D eigenvalue weighted by atomic mass is 10.1. The van der Waals surface area contributed by atoms with Crippen molar-refractivity contribution < 1.29 is 4.79 Å². The molecule has 1 fully saturated rings. The Morgan fingerprint density at radius 1 is 1.29 bits per heavy atom. The van der Waals surface area contributed by atoms with Gasteiger partial charge in [-0.1, -0.05) is 25.1 Å². The van der Waals surface area contributed by atoms with Gasteiger partial charge in [0.05, 0.1) is 5.52 Å². The van der Waals surface area contributed by atoms with Crippen molar-refractivity contribution in [1.29, 1.82) is 0 Å². The van der Waals surface area contributed by atoms with Crippen LogP contribution in [0, 0.1) is 0 Å². The minimum absolute atomic E-state index is 0.0382. The molecule has 1 aromatic carbocycles. The number of nitrogens with zero attached hydrogens (tertiary/aromatic N) is 3. The van der Waals surface area contributed by atoms with Gasteiger partial charge in [-0.2, -0.15) is 5.10 Å². The lowest BCUT2D eigenvalue weighted by molar-refractivity contribution is 0.0576. The Kier molecular flexibility index (Phi) is 3.92. The van der Waals surface area contributed by atoms with Crippen LogP contribution in [0.15, 0.2) is 24.3 Å². The molecule has 3 rings (SSSR count). The molecule has 2 heterocycles. The third-order valence-electron chi connectivity index (χ3n) is 4.49. The van der Waals surface area contributed by atoms with Crippen LogP contribution in [-0.2, 0) is 0 Å². The van der Waals surface area contributed by atoms with Crippen molar-refractivity contribution in [3.05, 3.63) is 30.0 Å². The number of carbonyl (C=O) groups is 1. The van der Waals surface area contributed by atoms with Crippen LogP contribution in [-0.4, -0.2) is 58.1 Å². The first-order valence-corrected chi connectivity index (χ1v) is 7.67. The highest BCUT2D eigenvalue weighted by Gasteiger charge is 2.26. The van der Waals surface area contributed by atoms with E-state index in [-0.39, 0.29) is 5.91 Å². The van der Waals surface area contributed by atoms with Crippen LogP contribution in [0.1, 0.15) is 30.8 Å². The zero-order chi connectivity index (χ0) is 14.8. The van der Waals surface area contributed by atoms with E-state index in [2.05, 4.69) is 28.9 Å².